The lowest BCUT2D eigenvalue weighted by atomic mass is 10.2. The molecule has 2 aromatic carbocycles. The van der Waals surface area contributed by atoms with Gasteiger partial charge in [0, 0.05) is 0 Å². The van der Waals surface area contributed by atoms with Crippen molar-refractivity contribution in [2.24, 2.45) is 0 Å². The van der Waals surface area contributed by atoms with Crippen LogP contribution < -0.4 is 4.74 Å². The summed E-state index contributed by atoms with van der Waals surface area (Å²) in [5.41, 5.74) is 2.53. The average molecular weight is 339 g/mol. The number of benzene rings is 2. The van der Waals surface area contributed by atoms with Crippen LogP contribution in [-0.4, -0.2) is 21.0 Å². The molecule has 24 heavy (non-hydrogen) atoms. The summed E-state index contributed by atoms with van der Waals surface area (Å²) in [5, 5.41) is 9.47. The van der Waals surface area contributed by atoms with E-state index in [0.29, 0.717) is 6.61 Å². The zero-order chi connectivity index (χ0) is 16.8. The molecule has 0 unspecified atom stereocenters. The second kappa shape index (κ2) is 8.02. The van der Waals surface area contributed by atoms with E-state index in [1.807, 2.05) is 36.6 Å². The summed E-state index contributed by atoms with van der Waals surface area (Å²) in [7, 11) is 0. The van der Waals surface area contributed by atoms with Gasteiger partial charge in [-0.1, -0.05) is 61.2 Å². The van der Waals surface area contributed by atoms with Crippen LogP contribution in [0.5, 0.6) is 5.75 Å². The van der Waals surface area contributed by atoms with E-state index in [-0.39, 0.29) is 0 Å². The first-order valence-corrected chi connectivity index (χ1v) is 9.24. The third kappa shape index (κ3) is 3.97. The highest BCUT2D eigenvalue weighted by Gasteiger charge is 2.12. The monoisotopic (exact) mass is 339 g/mol. The van der Waals surface area contributed by atoms with Crippen molar-refractivity contribution in [1.29, 1.82) is 0 Å². The lowest BCUT2D eigenvalue weighted by molar-refractivity contribution is 0.289. The standard InChI is InChI=1S/C19H21N3OS/c1-3-15-9-11-17(12-10-15)23-14-18-20-21-19(24-2)22(18)13-16-7-5-4-6-8-16/h4-12H,3,13-14H2,1-2H3. The predicted octanol–water partition coefficient (Wildman–Crippen LogP) is 4.19. The van der Waals surface area contributed by atoms with Crippen LogP contribution in [0.25, 0.3) is 0 Å². The summed E-state index contributed by atoms with van der Waals surface area (Å²) in [4.78, 5) is 0. The molecule has 0 aliphatic heterocycles. The number of ether oxygens (including phenoxy) is 1. The van der Waals surface area contributed by atoms with Crippen LogP contribution in [0.4, 0.5) is 0 Å². The first-order chi connectivity index (χ1) is 11.8. The molecule has 0 fully saturated rings. The van der Waals surface area contributed by atoms with E-state index >= 15 is 0 Å². The van der Waals surface area contributed by atoms with Crippen LogP contribution in [0.15, 0.2) is 59.8 Å². The summed E-state index contributed by atoms with van der Waals surface area (Å²) in [6, 6.07) is 18.5. The van der Waals surface area contributed by atoms with Crippen molar-refractivity contribution in [3.05, 3.63) is 71.5 Å². The maximum atomic E-state index is 5.90. The second-order valence-corrected chi connectivity index (χ2v) is 6.23. The molecule has 4 nitrogen and oxygen atoms in total. The smallest absolute Gasteiger partial charge is 0.191 e. The van der Waals surface area contributed by atoms with Crippen molar-refractivity contribution in [2.45, 2.75) is 31.7 Å². The summed E-state index contributed by atoms with van der Waals surface area (Å²) in [6.45, 7) is 3.30. The number of hydrogen-bond acceptors (Lipinski definition) is 4. The van der Waals surface area contributed by atoms with Gasteiger partial charge in [-0.25, -0.2) is 0 Å². The molecule has 3 aromatic rings. The van der Waals surface area contributed by atoms with E-state index in [1.165, 1.54) is 11.1 Å². The van der Waals surface area contributed by atoms with Crippen LogP contribution in [0.3, 0.4) is 0 Å². The van der Waals surface area contributed by atoms with Gasteiger partial charge in [-0.3, -0.25) is 4.57 Å². The molecule has 0 saturated carbocycles. The van der Waals surface area contributed by atoms with Gasteiger partial charge in [0.1, 0.15) is 12.4 Å². The Bertz CT molecular complexity index is 769. The molecule has 0 bridgehead atoms. The van der Waals surface area contributed by atoms with E-state index in [2.05, 4.69) is 46.0 Å². The number of aromatic nitrogens is 3. The van der Waals surface area contributed by atoms with Crippen LogP contribution in [0, 0.1) is 0 Å². The fourth-order valence-electron chi connectivity index (χ4n) is 2.47. The Kier molecular flexibility index (Phi) is 5.54. The first-order valence-electron chi connectivity index (χ1n) is 8.02. The van der Waals surface area contributed by atoms with Gasteiger partial charge in [-0.15, -0.1) is 10.2 Å². The number of aryl methyl sites for hydroxylation is 1. The highest BCUT2D eigenvalue weighted by atomic mass is 32.2. The lowest BCUT2D eigenvalue weighted by Crippen LogP contribution is -2.09. The van der Waals surface area contributed by atoms with E-state index < -0.39 is 0 Å². The largest absolute Gasteiger partial charge is 0.486 e. The molecule has 1 aromatic heterocycles. The predicted molar refractivity (Wildman–Crippen MR) is 97.5 cm³/mol. The summed E-state index contributed by atoms with van der Waals surface area (Å²) in [6.07, 6.45) is 3.04. The fraction of sp³-hybridized carbons (Fsp3) is 0.263. The van der Waals surface area contributed by atoms with Gasteiger partial charge < -0.3 is 4.74 Å². The molecule has 0 N–H and O–H groups in total. The minimum atomic E-state index is 0.409. The number of thioether (sulfide) groups is 1. The molecule has 124 valence electrons. The molecular formula is C19H21N3OS. The van der Waals surface area contributed by atoms with Gasteiger partial charge in [0.25, 0.3) is 0 Å². The van der Waals surface area contributed by atoms with Crippen LogP contribution >= 0.6 is 11.8 Å². The topological polar surface area (TPSA) is 39.9 Å². The third-order valence-electron chi connectivity index (χ3n) is 3.86. The first kappa shape index (κ1) is 16.6. The summed E-state index contributed by atoms with van der Waals surface area (Å²) in [5.74, 6) is 1.69. The molecule has 1 heterocycles. The molecular weight excluding hydrogens is 318 g/mol. The molecule has 0 spiro atoms. The number of rotatable bonds is 7. The van der Waals surface area contributed by atoms with Crippen molar-refractivity contribution in [3.8, 4) is 5.75 Å². The van der Waals surface area contributed by atoms with E-state index in [0.717, 1.165) is 29.7 Å². The SMILES string of the molecule is CCc1ccc(OCc2nnc(SC)n2Cc2ccccc2)cc1. The van der Waals surface area contributed by atoms with Crippen LogP contribution in [0.1, 0.15) is 23.9 Å². The molecule has 0 radical (unpaired) electrons. The summed E-state index contributed by atoms with van der Waals surface area (Å²) < 4.78 is 8.01. The third-order valence-corrected chi connectivity index (χ3v) is 4.53. The Hall–Kier alpha value is -2.27. The zero-order valence-electron chi connectivity index (χ0n) is 14.0. The minimum Gasteiger partial charge on any atom is -0.486 e. The highest BCUT2D eigenvalue weighted by molar-refractivity contribution is 7.98. The van der Waals surface area contributed by atoms with Crippen LogP contribution in [0.2, 0.25) is 0 Å². The van der Waals surface area contributed by atoms with Gasteiger partial charge in [-0.2, -0.15) is 0 Å². The van der Waals surface area contributed by atoms with Crippen molar-refractivity contribution in [3.63, 3.8) is 0 Å². The Balaban J connectivity index is 1.74. The van der Waals surface area contributed by atoms with Gasteiger partial charge in [0.2, 0.25) is 0 Å². The van der Waals surface area contributed by atoms with Crippen LogP contribution in [-0.2, 0) is 19.6 Å². The zero-order valence-corrected chi connectivity index (χ0v) is 14.8. The van der Waals surface area contributed by atoms with Crippen molar-refractivity contribution >= 4 is 11.8 Å². The number of nitrogens with zero attached hydrogens (tertiary/aromatic N) is 3. The highest BCUT2D eigenvalue weighted by Crippen LogP contribution is 2.18. The van der Waals surface area contributed by atoms with Gasteiger partial charge >= 0.3 is 0 Å². The molecule has 0 saturated heterocycles. The van der Waals surface area contributed by atoms with Crippen molar-refractivity contribution in [1.82, 2.24) is 14.8 Å². The Morgan fingerprint density at radius 1 is 0.958 bits per heavy atom. The summed E-state index contributed by atoms with van der Waals surface area (Å²) >= 11 is 1.60. The van der Waals surface area contributed by atoms with E-state index in [4.69, 9.17) is 4.74 Å². The molecule has 0 amide bonds. The normalized spacial score (nSPS) is 10.8. The van der Waals surface area contributed by atoms with Gasteiger partial charge in [0.05, 0.1) is 6.54 Å². The van der Waals surface area contributed by atoms with E-state index in [9.17, 15) is 0 Å². The lowest BCUT2D eigenvalue weighted by Gasteiger charge is -2.11. The second-order valence-electron chi connectivity index (χ2n) is 5.46. The molecule has 5 heteroatoms. The Morgan fingerprint density at radius 3 is 2.38 bits per heavy atom. The molecule has 0 aliphatic rings. The molecule has 0 aliphatic carbocycles. The van der Waals surface area contributed by atoms with Gasteiger partial charge in [-0.05, 0) is 35.9 Å². The van der Waals surface area contributed by atoms with Crippen molar-refractivity contribution in [2.75, 3.05) is 6.26 Å². The fourth-order valence-corrected chi connectivity index (χ4v) is 2.98. The molecule has 3 rings (SSSR count). The Morgan fingerprint density at radius 2 is 1.71 bits per heavy atom. The quantitative estimate of drug-likeness (QED) is 0.605. The van der Waals surface area contributed by atoms with E-state index in [1.54, 1.807) is 11.8 Å². The maximum absolute atomic E-state index is 5.90. The number of hydrogen-bond donors (Lipinski definition) is 0. The van der Waals surface area contributed by atoms with Gasteiger partial charge in [0.15, 0.2) is 11.0 Å². The average Bonchev–Trinajstić information content (AvgIpc) is 3.03. The maximum Gasteiger partial charge on any atom is 0.191 e. The minimum absolute atomic E-state index is 0.409. The molecule has 0 atom stereocenters. The Labute approximate surface area is 146 Å². The van der Waals surface area contributed by atoms with Crippen molar-refractivity contribution < 1.29 is 4.74 Å².